The highest BCUT2D eigenvalue weighted by Gasteiger charge is 2.07. The first kappa shape index (κ1) is 17.6. The molecule has 0 unspecified atom stereocenters. The van der Waals surface area contributed by atoms with E-state index in [9.17, 15) is 4.79 Å². The van der Waals surface area contributed by atoms with Gasteiger partial charge >= 0.3 is 0 Å². The van der Waals surface area contributed by atoms with E-state index in [0.717, 1.165) is 16.7 Å². The lowest BCUT2D eigenvalue weighted by Crippen LogP contribution is -2.03. The normalized spacial score (nSPS) is 11.7. The number of benzene rings is 3. The van der Waals surface area contributed by atoms with Crippen LogP contribution in [0.1, 0.15) is 32.6 Å². The molecule has 0 aromatic heterocycles. The molecule has 0 saturated carbocycles. The quantitative estimate of drug-likeness (QED) is 0.565. The number of nitrogens with zero attached hydrogens (tertiary/aromatic N) is 1. The van der Waals surface area contributed by atoms with Gasteiger partial charge < -0.3 is 0 Å². The van der Waals surface area contributed by atoms with Crippen molar-refractivity contribution in [2.45, 2.75) is 13.8 Å². The summed E-state index contributed by atoms with van der Waals surface area (Å²) in [5.41, 5.74) is 5.56. The maximum Gasteiger partial charge on any atom is 0.277 e. The van der Waals surface area contributed by atoms with Crippen LogP contribution in [-0.4, -0.2) is 11.6 Å². The van der Waals surface area contributed by atoms with Gasteiger partial charge in [-0.1, -0.05) is 83.9 Å². The van der Waals surface area contributed by atoms with Crippen molar-refractivity contribution in [2.75, 3.05) is 0 Å². The smallest absolute Gasteiger partial charge is 0.267 e. The third kappa shape index (κ3) is 4.64. The van der Waals surface area contributed by atoms with E-state index in [2.05, 4.69) is 36.2 Å². The summed E-state index contributed by atoms with van der Waals surface area (Å²) in [6, 6.07) is 25.5. The number of aryl methyl sites for hydroxylation is 2. The molecule has 0 radical (unpaired) electrons. The van der Waals surface area contributed by atoms with Crippen LogP contribution in [0.4, 0.5) is 0 Å². The van der Waals surface area contributed by atoms with Gasteiger partial charge in [-0.15, -0.1) is 0 Å². The van der Waals surface area contributed by atoms with Gasteiger partial charge in [0.2, 0.25) is 0 Å². The zero-order chi connectivity index (χ0) is 18.4. The van der Waals surface area contributed by atoms with Crippen LogP contribution in [-0.2, 0) is 0 Å². The van der Waals surface area contributed by atoms with Crippen LogP contribution >= 0.6 is 0 Å². The van der Waals surface area contributed by atoms with Crippen molar-refractivity contribution in [3.8, 4) is 0 Å². The van der Waals surface area contributed by atoms with Gasteiger partial charge in [0.15, 0.2) is 0 Å². The van der Waals surface area contributed by atoms with Gasteiger partial charge in [0.1, 0.15) is 0 Å². The summed E-state index contributed by atoms with van der Waals surface area (Å²) in [6.07, 6.45) is 3.87. The summed E-state index contributed by atoms with van der Waals surface area (Å²) in [5.74, 6) is -0.239. The van der Waals surface area contributed by atoms with Crippen LogP contribution in [0.25, 0.3) is 6.08 Å². The molecule has 1 amide bonds. The van der Waals surface area contributed by atoms with Crippen molar-refractivity contribution in [2.24, 2.45) is 4.99 Å². The fraction of sp³-hybridized carbons (Fsp3) is 0.0833. The highest BCUT2D eigenvalue weighted by Crippen LogP contribution is 2.11. The molecule has 128 valence electrons. The van der Waals surface area contributed by atoms with Crippen molar-refractivity contribution in [1.82, 2.24) is 0 Å². The Bertz CT molecular complexity index is 934. The highest BCUT2D eigenvalue weighted by atomic mass is 16.1. The van der Waals surface area contributed by atoms with Gasteiger partial charge in [0.25, 0.3) is 5.91 Å². The van der Waals surface area contributed by atoms with E-state index < -0.39 is 0 Å². The maximum absolute atomic E-state index is 12.6. The molecule has 0 aliphatic heterocycles. The Labute approximate surface area is 154 Å². The number of allylic oxidation sites excluding steroid dienone is 1. The Morgan fingerprint density at radius 2 is 1.31 bits per heavy atom. The van der Waals surface area contributed by atoms with Crippen molar-refractivity contribution in [1.29, 1.82) is 0 Å². The number of carbonyl (C=O) groups is 1. The van der Waals surface area contributed by atoms with Gasteiger partial charge in [0.05, 0.1) is 5.71 Å². The number of carbonyl (C=O) groups excluding carboxylic acids is 1. The first-order chi connectivity index (χ1) is 12.6. The molecular formula is C24H21NO. The van der Waals surface area contributed by atoms with Crippen LogP contribution in [0.15, 0.2) is 89.9 Å². The number of rotatable bonds is 4. The topological polar surface area (TPSA) is 29.4 Å². The Kier molecular flexibility index (Phi) is 5.55. The van der Waals surface area contributed by atoms with E-state index in [0.29, 0.717) is 11.3 Å². The Balaban J connectivity index is 1.94. The van der Waals surface area contributed by atoms with Crippen molar-refractivity contribution >= 4 is 17.7 Å². The van der Waals surface area contributed by atoms with Crippen LogP contribution in [0, 0.1) is 13.8 Å². The Morgan fingerprint density at radius 3 is 1.92 bits per heavy atom. The lowest BCUT2D eigenvalue weighted by Gasteiger charge is -2.03. The Hall–Kier alpha value is -3.26. The number of aliphatic imine (C=N–C) groups is 1. The second-order valence-corrected chi connectivity index (χ2v) is 6.28. The average molecular weight is 339 g/mol. The molecule has 3 aromatic rings. The first-order valence-corrected chi connectivity index (χ1v) is 8.62. The minimum atomic E-state index is -0.239. The van der Waals surface area contributed by atoms with Crippen LogP contribution in [0.3, 0.4) is 0 Å². The van der Waals surface area contributed by atoms with Gasteiger partial charge in [-0.25, -0.2) is 4.99 Å². The summed E-state index contributed by atoms with van der Waals surface area (Å²) < 4.78 is 0. The predicted octanol–water partition coefficient (Wildman–Crippen LogP) is 5.65. The minimum absolute atomic E-state index is 0.239. The molecule has 26 heavy (non-hydrogen) atoms. The molecule has 0 N–H and O–H groups in total. The minimum Gasteiger partial charge on any atom is -0.267 e. The molecule has 0 heterocycles. The predicted molar refractivity (Wildman–Crippen MR) is 109 cm³/mol. The van der Waals surface area contributed by atoms with Crippen molar-refractivity contribution in [3.63, 3.8) is 0 Å². The molecule has 2 heteroatoms. The van der Waals surface area contributed by atoms with E-state index in [1.54, 1.807) is 0 Å². The lowest BCUT2D eigenvalue weighted by atomic mass is 10.1. The zero-order valence-electron chi connectivity index (χ0n) is 15.0. The monoisotopic (exact) mass is 339 g/mol. The van der Waals surface area contributed by atoms with Gasteiger partial charge in [-0.05, 0) is 37.6 Å². The molecular weight excluding hydrogens is 318 g/mol. The highest BCUT2D eigenvalue weighted by molar-refractivity contribution is 6.17. The first-order valence-electron chi connectivity index (χ1n) is 8.62. The fourth-order valence-corrected chi connectivity index (χ4v) is 2.53. The van der Waals surface area contributed by atoms with E-state index in [-0.39, 0.29) is 5.91 Å². The summed E-state index contributed by atoms with van der Waals surface area (Å²) in [7, 11) is 0. The third-order valence-corrected chi connectivity index (χ3v) is 4.10. The van der Waals surface area contributed by atoms with Crippen molar-refractivity contribution < 1.29 is 4.79 Å². The summed E-state index contributed by atoms with van der Waals surface area (Å²) >= 11 is 0. The zero-order valence-corrected chi connectivity index (χ0v) is 15.0. The van der Waals surface area contributed by atoms with Gasteiger partial charge in [-0.3, -0.25) is 4.79 Å². The molecule has 0 spiro atoms. The molecule has 0 aliphatic carbocycles. The van der Waals surface area contributed by atoms with Gasteiger partial charge in [-0.2, -0.15) is 0 Å². The van der Waals surface area contributed by atoms with Gasteiger partial charge in [0, 0.05) is 11.1 Å². The fourth-order valence-electron chi connectivity index (χ4n) is 2.53. The Morgan fingerprint density at radius 1 is 0.731 bits per heavy atom. The average Bonchev–Trinajstić information content (AvgIpc) is 2.67. The standard InChI is InChI=1S/C24H21NO/c1-18-8-12-20(13-9-18)14-17-23(21-6-4-3-5-7-21)25-24(26)22-15-10-19(2)11-16-22/h3-17H,1-2H3/b17-14+,25-23?. The molecule has 0 aliphatic rings. The second-order valence-electron chi connectivity index (χ2n) is 6.28. The van der Waals surface area contributed by atoms with E-state index >= 15 is 0 Å². The van der Waals surface area contributed by atoms with Crippen LogP contribution < -0.4 is 0 Å². The molecule has 0 atom stereocenters. The molecule has 3 aromatic carbocycles. The molecule has 3 rings (SSSR count). The number of amides is 1. The van der Waals surface area contributed by atoms with Crippen molar-refractivity contribution in [3.05, 3.63) is 113 Å². The van der Waals surface area contributed by atoms with Crippen LogP contribution in [0.5, 0.6) is 0 Å². The summed E-state index contributed by atoms with van der Waals surface area (Å²) in [6.45, 7) is 4.06. The molecule has 2 nitrogen and oxygen atoms in total. The lowest BCUT2D eigenvalue weighted by molar-refractivity contribution is 0.100. The SMILES string of the molecule is Cc1ccc(/C=C/C(=NC(=O)c2ccc(C)cc2)c2ccccc2)cc1. The number of hydrogen-bond acceptors (Lipinski definition) is 1. The third-order valence-electron chi connectivity index (χ3n) is 4.10. The largest absolute Gasteiger partial charge is 0.277 e. The van der Waals surface area contributed by atoms with E-state index in [1.165, 1.54) is 5.56 Å². The van der Waals surface area contributed by atoms with Crippen LogP contribution in [0.2, 0.25) is 0 Å². The second kappa shape index (κ2) is 8.21. The summed E-state index contributed by atoms with van der Waals surface area (Å²) in [4.78, 5) is 16.9. The molecule has 0 bridgehead atoms. The van der Waals surface area contributed by atoms with E-state index in [1.807, 2.05) is 73.7 Å². The molecule has 0 saturated heterocycles. The maximum atomic E-state index is 12.6. The molecule has 0 fully saturated rings. The van der Waals surface area contributed by atoms with E-state index in [4.69, 9.17) is 0 Å². The summed E-state index contributed by atoms with van der Waals surface area (Å²) in [5, 5.41) is 0. The number of hydrogen-bond donors (Lipinski definition) is 0.